The predicted molar refractivity (Wildman–Crippen MR) is 86.1 cm³/mol. The highest BCUT2D eigenvalue weighted by Gasteiger charge is 2.37. The Bertz CT molecular complexity index is 712. The second-order valence-electron chi connectivity index (χ2n) is 4.48. The summed E-state index contributed by atoms with van der Waals surface area (Å²) in [5.74, 6) is -1.01. The van der Waals surface area contributed by atoms with Crippen LogP contribution in [0.4, 0.5) is 5.69 Å². The van der Waals surface area contributed by atoms with Crippen molar-refractivity contribution in [2.75, 3.05) is 4.90 Å². The number of anilines is 1. The van der Waals surface area contributed by atoms with Crippen LogP contribution in [0.1, 0.15) is 15.9 Å². The molecule has 0 bridgehead atoms. The first-order valence-corrected chi connectivity index (χ1v) is 7.43. The molecule has 3 nitrogen and oxygen atoms in total. The Hall–Kier alpha value is -1.40. The van der Waals surface area contributed by atoms with E-state index in [2.05, 4.69) is 22.6 Å². The number of halogens is 2. The lowest BCUT2D eigenvalue weighted by molar-refractivity contribution is -0.114. The van der Waals surface area contributed by atoms with Gasteiger partial charge in [-0.25, -0.2) is 0 Å². The van der Waals surface area contributed by atoms with Crippen molar-refractivity contribution in [3.63, 3.8) is 0 Å². The van der Waals surface area contributed by atoms with E-state index in [1.165, 1.54) is 4.90 Å². The molecule has 0 saturated heterocycles. The summed E-state index contributed by atoms with van der Waals surface area (Å²) in [5, 5.41) is 0.423. The van der Waals surface area contributed by atoms with Crippen LogP contribution in [-0.4, -0.2) is 11.7 Å². The Kier molecular flexibility index (Phi) is 3.52. The predicted octanol–water partition coefficient (Wildman–Crippen LogP) is 3.67. The molecule has 0 spiro atoms. The molecule has 1 aliphatic heterocycles. The Balaban J connectivity index is 2.01. The summed E-state index contributed by atoms with van der Waals surface area (Å²) in [6.07, 6.45) is 0. The molecule has 0 aromatic heterocycles. The van der Waals surface area contributed by atoms with E-state index in [4.69, 9.17) is 11.6 Å². The maximum atomic E-state index is 12.1. The molecular formula is C15H9ClINO2. The Morgan fingerprint density at radius 3 is 2.45 bits per heavy atom. The van der Waals surface area contributed by atoms with Gasteiger partial charge in [0.25, 0.3) is 11.7 Å². The topological polar surface area (TPSA) is 37.4 Å². The van der Waals surface area contributed by atoms with Gasteiger partial charge in [-0.3, -0.25) is 14.5 Å². The van der Waals surface area contributed by atoms with Crippen molar-refractivity contribution < 1.29 is 9.59 Å². The van der Waals surface area contributed by atoms with E-state index in [0.29, 0.717) is 22.8 Å². The highest BCUT2D eigenvalue weighted by molar-refractivity contribution is 14.1. The maximum absolute atomic E-state index is 12.1. The SMILES string of the molecule is O=C1C(=O)N(Cc2ccc(I)cc2)c2c(Cl)cccc21. The molecule has 0 saturated carbocycles. The van der Waals surface area contributed by atoms with Gasteiger partial charge in [-0.2, -0.15) is 0 Å². The number of ketones is 1. The van der Waals surface area contributed by atoms with Crippen LogP contribution >= 0.6 is 34.2 Å². The molecule has 0 radical (unpaired) electrons. The van der Waals surface area contributed by atoms with Crippen molar-refractivity contribution in [3.05, 3.63) is 62.2 Å². The first-order chi connectivity index (χ1) is 9.58. The van der Waals surface area contributed by atoms with Crippen molar-refractivity contribution in [2.45, 2.75) is 6.54 Å². The summed E-state index contributed by atoms with van der Waals surface area (Å²) in [5.41, 5.74) is 1.86. The summed E-state index contributed by atoms with van der Waals surface area (Å²) in [7, 11) is 0. The summed E-state index contributed by atoms with van der Waals surface area (Å²) >= 11 is 8.36. The molecule has 0 fully saturated rings. The molecule has 5 heteroatoms. The quantitative estimate of drug-likeness (QED) is 0.573. The van der Waals surface area contributed by atoms with Crippen LogP contribution in [0.3, 0.4) is 0 Å². The van der Waals surface area contributed by atoms with Crippen LogP contribution in [0.2, 0.25) is 5.02 Å². The monoisotopic (exact) mass is 397 g/mol. The highest BCUT2D eigenvalue weighted by Crippen LogP contribution is 2.36. The second kappa shape index (κ2) is 5.18. The van der Waals surface area contributed by atoms with Gasteiger partial charge in [0.1, 0.15) is 0 Å². The number of hydrogen-bond acceptors (Lipinski definition) is 2. The highest BCUT2D eigenvalue weighted by atomic mass is 127. The van der Waals surface area contributed by atoms with E-state index in [-0.39, 0.29) is 0 Å². The number of fused-ring (bicyclic) bond motifs is 1. The summed E-state index contributed by atoms with van der Waals surface area (Å²) in [6.45, 7) is 0.345. The van der Waals surface area contributed by atoms with Gasteiger partial charge in [-0.1, -0.05) is 29.8 Å². The van der Waals surface area contributed by atoms with E-state index >= 15 is 0 Å². The largest absolute Gasteiger partial charge is 0.299 e. The third kappa shape index (κ3) is 2.23. The van der Waals surface area contributed by atoms with Crippen molar-refractivity contribution in [2.24, 2.45) is 0 Å². The van der Waals surface area contributed by atoms with Gasteiger partial charge in [-0.05, 0) is 52.4 Å². The molecule has 3 rings (SSSR count). The first-order valence-electron chi connectivity index (χ1n) is 5.97. The van der Waals surface area contributed by atoms with Gasteiger partial charge in [0.2, 0.25) is 0 Å². The van der Waals surface area contributed by atoms with Crippen molar-refractivity contribution in [1.29, 1.82) is 0 Å². The normalized spacial score (nSPS) is 13.8. The number of rotatable bonds is 2. The number of hydrogen-bond donors (Lipinski definition) is 0. The number of Topliss-reactive ketones (excluding diaryl/α,β-unsaturated/α-hetero) is 1. The Morgan fingerprint density at radius 2 is 1.75 bits per heavy atom. The van der Waals surface area contributed by atoms with Crippen molar-refractivity contribution in [3.8, 4) is 0 Å². The molecule has 0 unspecified atom stereocenters. The summed E-state index contributed by atoms with van der Waals surface area (Å²) in [4.78, 5) is 25.5. The summed E-state index contributed by atoms with van der Waals surface area (Å²) in [6, 6.07) is 12.8. The van der Waals surface area contributed by atoms with E-state index in [1.54, 1.807) is 18.2 Å². The number of carbonyl (C=O) groups is 2. The van der Waals surface area contributed by atoms with E-state index < -0.39 is 11.7 Å². The zero-order chi connectivity index (χ0) is 14.3. The van der Waals surface area contributed by atoms with Crippen LogP contribution in [0.25, 0.3) is 0 Å². The molecule has 0 N–H and O–H groups in total. The molecule has 1 heterocycles. The number of benzene rings is 2. The Labute approximate surface area is 134 Å². The van der Waals surface area contributed by atoms with E-state index in [0.717, 1.165) is 9.13 Å². The van der Waals surface area contributed by atoms with Crippen LogP contribution in [0.15, 0.2) is 42.5 Å². The molecule has 2 aromatic carbocycles. The molecular weight excluding hydrogens is 389 g/mol. The number of nitrogens with zero attached hydrogens (tertiary/aromatic N) is 1. The zero-order valence-electron chi connectivity index (χ0n) is 10.3. The number of para-hydroxylation sites is 1. The smallest absolute Gasteiger partial charge is 0.299 e. The molecule has 0 atom stereocenters. The molecule has 1 aliphatic rings. The van der Waals surface area contributed by atoms with Gasteiger partial charge in [-0.15, -0.1) is 0 Å². The molecule has 1 amide bonds. The van der Waals surface area contributed by atoms with Gasteiger partial charge in [0.05, 0.1) is 22.8 Å². The first kappa shape index (κ1) is 13.6. The fraction of sp³-hybridized carbons (Fsp3) is 0.0667. The lowest BCUT2D eigenvalue weighted by Crippen LogP contribution is -2.29. The lowest BCUT2D eigenvalue weighted by Gasteiger charge is -2.17. The second-order valence-corrected chi connectivity index (χ2v) is 6.14. The van der Waals surface area contributed by atoms with Crippen molar-refractivity contribution in [1.82, 2.24) is 0 Å². The summed E-state index contributed by atoms with van der Waals surface area (Å²) < 4.78 is 1.12. The molecule has 0 aliphatic carbocycles. The van der Waals surface area contributed by atoms with E-state index in [1.807, 2.05) is 24.3 Å². The van der Waals surface area contributed by atoms with E-state index in [9.17, 15) is 9.59 Å². The fourth-order valence-corrected chi connectivity index (χ4v) is 2.87. The van der Waals surface area contributed by atoms with Crippen LogP contribution in [-0.2, 0) is 11.3 Å². The third-order valence-corrected chi connectivity index (χ3v) is 4.22. The third-order valence-electron chi connectivity index (χ3n) is 3.19. The van der Waals surface area contributed by atoms with Gasteiger partial charge < -0.3 is 0 Å². The molecule has 20 heavy (non-hydrogen) atoms. The number of carbonyl (C=O) groups excluding carboxylic acids is 2. The van der Waals surface area contributed by atoms with Gasteiger partial charge in [0, 0.05) is 3.57 Å². The van der Waals surface area contributed by atoms with Crippen LogP contribution in [0.5, 0.6) is 0 Å². The molecule has 2 aromatic rings. The van der Waals surface area contributed by atoms with Crippen LogP contribution < -0.4 is 4.90 Å². The molecule has 100 valence electrons. The minimum absolute atomic E-state index is 0.345. The minimum Gasteiger partial charge on any atom is -0.299 e. The zero-order valence-corrected chi connectivity index (χ0v) is 13.2. The van der Waals surface area contributed by atoms with Gasteiger partial charge >= 0.3 is 0 Å². The fourth-order valence-electron chi connectivity index (χ4n) is 2.24. The average molecular weight is 398 g/mol. The number of amides is 1. The standard InChI is InChI=1S/C15H9ClINO2/c16-12-3-1-2-11-13(12)18(15(20)14(11)19)8-9-4-6-10(17)7-5-9/h1-7H,8H2. The minimum atomic E-state index is -0.522. The van der Waals surface area contributed by atoms with Crippen molar-refractivity contribution >= 4 is 51.6 Å². The maximum Gasteiger partial charge on any atom is 0.299 e. The van der Waals surface area contributed by atoms with Crippen LogP contribution in [0, 0.1) is 3.57 Å². The Morgan fingerprint density at radius 1 is 1.05 bits per heavy atom. The lowest BCUT2D eigenvalue weighted by atomic mass is 10.1. The van der Waals surface area contributed by atoms with Gasteiger partial charge in [0.15, 0.2) is 0 Å². The average Bonchev–Trinajstić information content (AvgIpc) is 2.68.